The van der Waals surface area contributed by atoms with E-state index in [4.69, 9.17) is 0 Å². The van der Waals surface area contributed by atoms with Crippen LogP contribution in [-0.2, 0) is 17.2 Å². The number of nitrogens with zero attached hydrogens (tertiary/aromatic N) is 1. The van der Waals surface area contributed by atoms with Gasteiger partial charge in [0.1, 0.15) is 11.6 Å². The third kappa shape index (κ3) is 3.39. The Morgan fingerprint density at radius 1 is 1.53 bits per heavy atom. The molecular formula is C11H17N3O2S. The number of aromatic amines is 1. The van der Waals surface area contributed by atoms with Crippen LogP contribution >= 0.6 is 0 Å². The van der Waals surface area contributed by atoms with Gasteiger partial charge in [0, 0.05) is 40.8 Å². The summed E-state index contributed by atoms with van der Waals surface area (Å²) < 4.78 is 11.2. The van der Waals surface area contributed by atoms with Crippen LogP contribution in [0.5, 0.6) is 0 Å². The molecule has 1 aliphatic heterocycles. The number of H-pyrrole nitrogens is 1. The normalized spacial score (nSPS) is 24.5. The van der Waals surface area contributed by atoms with E-state index in [1.165, 1.54) is 6.07 Å². The molecule has 1 saturated heterocycles. The molecule has 1 aromatic heterocycles. The van der Waals surface area contributed by atoms with E-state index in [1.54, 1.807) is 0 Å². The number of hydrogen-bond acceptors (Lipinski definition) is 4. The minimum Gasteiger partial charge on any atom is -0.367 e. The molecule has 0 aliphatic carbocycles. The van der Waals surface area contributed by atoms with Crippen molar-refractivity contribution in [2.24, 2.45) is 0 Å². The summed E-state index contributed by atoms with van der Waals surface area (Å²) in [4.78, 5) is 18.4. The maximum absolute atomic E-state index is 11.4. The Morgan fingerprint density at radius 2 is 2.24 bits per heavy atom. The molecule has 5 nitrogen and oxygen atoms in total. The van der Waals surface area contributed by atoms with Crippen LogP contribution in [-0.4, -0.2) is 31.7 Å². The zero-order valence-corrected chi connectivity index (χ0v) is 10.7. The molecule has 94 valence electrons. The lowest BCUT2D eigenvalue weighted by Gasteiger charge is -2.22. The van der Waals surface area contributed by atoms with Crippen LogP contribution in [0.1, 0.15) is 25.6 Å². The van der Waals surface area contributed by atoms with E-state index in [-0.39, 0.29) is 11.6 Å². The van der Waals surface area contributed by atoms with Gasteiger partial charge >= 0.3 is 0 Å². The maximum Gasteiger partial charge on any atom is 0.252 e. The second-order valence-electron chi connectivity index (χ2n) is 4.20. The summed E-state index contributed by atoms with van der Waals surface area (Å²) in [6.45, 7) is 1.95. The van der Waals surface area contributed by atoms with Crippen LogP contribution in [0.25, 0.3) is 0 Å². The van der Waals surface area contributed by atoms with Crippen LogP contribution in [0.3, 0.4) is 0 Å². The molecule has 2 rings (SSSR count). The van der Waals surface area contributed by atoms with Crippen molar-refractivity contribution in [3.8, 4) is 0 Å². The molecule has 0 amide bonds. The van der Waals surface area contributed by atoms with Crippen molar-refractivity contribution in [1.29, 1.82) is 0 Å². The minimum atomic E-state index is -0.658. The average Bonchev–Trinajstić information content (AvgIpc) is 2.31. The van der Waals surface area contributed by atoms with Gasteiger partial charge in [-0.1, -0.05) is 6.92 Å². The summed E-state index contributed by atoms with van der Waals surface area (Å²) in [6, 6.07) is 1.76. The lowest BCUT2D eigenvalue weighted by molar-refractivity contribution is 0.622. The van der Waals surface area contributed by atoms with Crippen molar-refractivity contribution in [2.45, 2.75) is 32.2 Å². The van der Waals surface area contributed by atoms with E-state index < -0.39 is 10.8 Å². The van der Waals surface area contributed by atoms with Crippen LogP contribution in [0.2, 0.25) is 0 Å². The minimum absolute atomic E-state index is 0.126. The maximum atomic E-state index is 11.4. The second-order valence-corrected chi connectivity index (χ2v) is 5.89. The predicted octanol–water partition coefficient (Wildman–Crippen LogP) is 0.655. The molecule has 0 unspecified atom stereocenters. The predicted molar refractivity (Wildman–Crippen MR) is 68.8 cm³/mol. The number of nitrogens with one attached hydrogen (secondary N) is 2. The Hall–Kier alpha value is -1.17. The van der Waals surface area contributed by atoms with Gasteiger partial charge in [-0.15, -0.1) is 0 Å². The summed E-state index contributed by atoms with van der Waals surface area (Å²) in [6.07, 6.45) is 2.46. The first kappa shape index (κ1) is 12.3. The van der Waals surface area contributed by atoms with Crippen molar-refractivity contribution in [2.75, 3.05) is 16.8 Å². The zero-order chi connectivity index (χ0) is 12.3. The third-order valence-corrected chi connectivity index (χ3v) is 4.25. The fourth-order valence-corrected chi connectivity index (χ4v) is 3.20. The standard InChI is InChI=1S/C11H17N3O2S/c1-2-9-13-10(7-11(15)14-9)12-8-3-5-17(16)6-4-8/h7-8H,2-6H2,1H3,(H2,12,13,14,15). The van der Waals surface area contributed by atoms with E-state index >= 15 is 0 Å². The molecule has 2 N–H and O–H groups in total. The average molecular weight is 255 g/mol. The van der Waals surface area contributed by atoms with Gasteiger partial charge in [0.15, 0.2) is 0 Å². The lowest BCUT2D eigenvalue weighted by Crippen LogP contribution is -2.30. The quantitative estimate of drug-likeness (QED) is 0.832. The molecule has 1 aliphatic rings. The van der Waals surface area contributed by atoms with E-state index in [9.17, 15) is 9.00 Å². The van der Waals surface area contributed by atoms with E-state index in [0.717, 1.165) is 24.3 Å². The smallest absolute Gasteiger partial charge is 0.252 e. The lowest BCUT2D eigenvalue weighted by atomic mass is 10.1. The first-order valence-electron chi connectivity index (χ1n) is 5.89. The summed E-state index contributed by atoms with van der Waals surface area (Å²) >= 11 is 0. The number of anilines is 1. The highest BCUT2D eigenvalue weighted by molar-refractivity contribution is 7.85. The molecule has 0 spiro atoms. The van der Waals surface area contributed by atoms with E-state index in [1.807, 2.05) is 6.92 Å². The second kappa shape index (κ2) is 5.44. The van der Waals surface area contributed by atoms with Crippen molar-refractivity contribution in [3.63, 3.8) is 0 Å². The van der Waals surface area contributed by atoms with Gasteiger partial charge in [-0.3, -0.25) is 9.00 Å². The Morgan fingerprint density at radius 3 is 2.88 bits per heavy atom. The summed E-state index contributed by atoms with van der Waals surface area (Å²) in [5, 5.41) is 3.25. The van der Waals surface area contributed by atoms with Gasteiger partial charge < -0.3 is 10.3 Å². The SMILES string of the molecule is CCc1nc(NC2CCS(=O)CC2)cc(=O)[nH]1. The van der Waals surface area contributed by atoms with Crippen LogP contribution in [0.4, 0.5) is 5.82 Å². The molecule has 1 fully saturated rings. The van der Waals surface area contributed by atoms with Crippen LogP contribution in [0.15, 0.2) is 10.9 Å². The largest absolute Gasteiger partial charge is 0.367 e. The number of rotatable bonds is 3. The molecular weight excluding hydrogens is 238 g/mol. The Kier molecular flexibility index (Phi) is 3.93. The Labute approximate surface area is 103 Å². The molecule has 1 aromatic rings. The summed E-state index contributed by atoms with van der Waals surface area (Å²) in [5.41, 5.74) is -0.126. The summed E-state index contributed by atoms with van der Waals surface area (Å²) in [7, 11) is -0.658. The zero-order valence-electron chi connectivity index (χ0n) is 9.86. The molecule has 0 saturated carbocycles. The van der Waals surface area contributed by atoms with Crippen molar-refractivity contribution in [3.05, 3.63) is 22.2 Å². The van der Waals surface area contributed by atoms with Gasteiger partial charge in [-0.2, -0.15) is 0 Å². The molecule has 0 bridgehead atoms. The third-order valence-electron chi connectivity index (χ3n) is 2.87. The van der Waals surface area contributed by atoms with Gasteiger partial charge in [-0.05, 0) is 12.8 Å². The first-order valence-corrected chi connectivity index (χ1v) is 7.38. The Balaban J connectivity index is 2.05. The van der Waals surface area contributed by atoms with Crippen LogP contribution in [0, 0.1) is 0 Å². The molecule has 0 atom stereocenters. The van der Waals surface area contributed by atoms with E-state index in [2.05, 4.69) is 15.3 Å². The number of hydrogen-bond donors (Lipinski definition) is 2. The van der Waals surface area contributed by atoms with Gasteiger partial charge in [-0.25, -0.2) is 4.98 Å². The number of aryl methyl sites for hydroxylation is 1. The highest BCUT2D eigenvalue weighted by atomic mass is 32.2. The molecule has 17 heavy (non-hydrogen) atoms. The molecule has 6 heteroatoms. The Bertz CT molecular complexity index is 462. The van der Waals surface area contributed by atoms with Crippen molar-refractivity contribution >= 4 is 16.6 Å². The molecule has 0 aromatic carbocycles. The van der Waals surface area contributed by atoms with E-state index in [0.29, 0.717) is 18.1 Å². The van der Waals surface area contributed by atoms with Crippen molar-refractivity contribution < 1.29 is 4.21 Å². The van der Waals surface area contributed by atoms with Crippen LogP contribution < -0.4 is 10.9 Å². The first-order chi connectivity index (χ1) is 8.17. The molecule has 0 radical (unpaired) electrons. The number of aromatic nitrogens is 2. The van der Waals surface area contributed by atoms with Gasteiger partial charge in [0.2, 0.25) is 0 Å². The molecule has 2 heterocycles. The highest BCUT2D eigenvalue weighted by Crippen LogP contribution is 2.13. The monoisotopic (exact) mass is 255 g/mol. The van der Waals surface area contributed by atoms with Gasteiger partial charge in [0.05, 0.1) is 0 Å². The summed E-state index contributed by atoms with van der Waals surface area (Å²) in [5.74, 6) is 2.80. The fraction of sp³-hybridized carbons (Fsp3) is 0.636. The van der Waals surface area contributed by atoms with Gasteiger partial charge in [0.25, 0.3) is 5.56 Å². The topological polar surface area (TPSA) is 74.8 Å². The fourth-order valence-electron chi connectivity index (χ4n) is 1.90. The highest BCUT2D eigenvalue weighted by Gasteiger charge is 2.18. The van der Waals surface area contributed by atoms with Crippen molar-refractivity contribution in [1.82, 2.24) is 9.97 Å².